The lowest BCUT2D eigenvalue weighted by molar-refractivity contribution is 0.0949. The molecule has 4 N–H and O–H groups in total. The second kappa shape index (κ2) is 12.4. The Bertz CT molecular complexity index is 1630. The summed E-state index contributed by atoms with van der Waals surface area (Å²) in [5.41, 5.74) is 11.3. The van der Waals surface area contributed by atoms with Crippen molar-refractivity contribution in [1.82, 2.24) is 40.9 Å². The first-order valence-electron chi connectivity index (χ1n) is 11.8. The lowest BCUT2D eigenvalue weighted by atomic mass is 10.1. The van der Waals surface area contributed by atoms with E-state index in [0.717, 1.165) is 31.9 Å². The van der Waals surface area contributed by atoms with Crippen LogP contribution < -0.4 is 21.2 Å². The molecule has 0 saturated carbocycles. The van der Waals surface area contributed by atoms with Gasteiger partial charge in [0.15, 0.2) is 10.0 Å². The van der Waals surface area contributed by atoms with Gasteiger partial charge in [-0.3, -0.25) is 4.79 Å². The van der Waals surface area contributed by atoms with Gasteiger partial charge in [-0.2, -0.15) is 9.78 Å². The highest BCUT2D eigenvalue weighted by molar-refractivity contribution is 8.00. The van der Waals surface area contributed by atoms with Gasteiger partial charge in [0, 0.05) is 17.0 Å². The van der Waals surface area contributed by atoms with Gasteiger partial charge in [0.05, 0.1) is 25.6 Å². The van der Waals surface area contributed by atoms with Crippen molar-refractivity contribution in [3.8, 4) is 11.6 Å². The molecular weight excluding hydrogens is 554 g/mol. The number of aryl methyl sites for hydroxylation is 1. The number of aromatic nitrogens is 7. The van der Waals surface area contributed by atoms with Crippen molar-refractivity contribution in [3.63, 3.8) is 0 Å². The number of carbonyl (C=O) groups excluding carboxylic acids is 1. The third kappa shape index (κ3) is 6.24. The van der Waals surface area contributed by atoms with Gasteiger partial charge in [-0.05, 0) is 53.1 Å². The number of methoxy groups -OCH3 is 1. The van der Waals surface area contributed by atoms with Gasteiger partial charge >= 0.3 is 0 Å². The molecule has 2 aromatic carbocycles. The molecule has 3 aromatic heterocycles. The molecule has 0 aliphatic heterocycles. The van der Waals surface area contributed by atoms with E-state index in [1.165, 1.54) is 22.2 Å². The summed E-state index contributed by atoms with van der Waals surface area (Å²) >= 11 is 3.10. The largest absolute Gasteiger partial charge is 0.496 e. The number of carbonyl (C=O) groups is 1. The summed E-state index contributed by atoms with van der Waals surface area (Å²) in [6.07, 6.45) is 1.53. The summed E-state index contributed by atoms with van der Waals surface area (Å²) in [4.78, 5) is 13.1. The third-order valence-electron chi connectivity index (χ3n) is 5.45. The highest BCUT2D eigenvalue weighted by atomic mass is 32.2. The molecule has 3 heterocycles. The Hall–Kier alpha value is -4.83. The number of rotatable bonds is 11. The number of nitrogens with one attached hydrogen (secondary N) is 2. The van der Waals surface area contributed by atoms with Crippen molar-refractivity contribution in [2.75, 3.05) is 18.2 Å². The minimum atomic E-state index is -0.571. The third-order valence-corrected chi connectivity index (χ3v) is 7.47. The molecule has 0 aliphatic carbocycles. The zero-order chi connectivity index (χ0) is 27.9. The summed E-state index contributed by atoms with van der Waals surface area (Å²) < 4.78 is 12.4. The van der Waals surface area contributed by atoms with E-state index in [1.807, 2.05) is 55.5 Å². The molecule has 14 nitrogen and oxygen atoms in total. The number of nitrogens with two attached hydrogens (primary N) is 1. The molecule has 0 radical (unpaired) electrons. The molecule has 16 heteroatoms. The van der Waals surface area contributed by atoms with Crippen LogP contribution in [0.4, 0.5) is 11.5 Å². The van der Waals surface area contributed by atoms with Crippen molar-refractivity contribution in [2.24, 2.45) is 5.10 Å². The maximum atomic E-state index is 13.1. The predicted molar refractivity (Wildman–Crippen MR) is 150 cm³/mol. The average molecular weight is 578 g/mol. The molecule has 0 aliphatic rings. The van der Waals surface area contributed by atoms with Gasteiger partial charge < -0.3 is 15.8 Å². The minimum Gasteiger partial charge on any atom is -0.496 e. The van der Waals surface area contributed by atoms with Crippen LogP contribution in [0.15, 0.2) is 62.6 Å². The van der Waals surface area contributed by atoms with E-state index in [2.05, 4.69) is 46.7 Å². The van der Waals surface area contributed by atoms with Crippen molar-refractivity contribution in [2.45, 2.75) is 23.6 Å². The number of para-hydroxylation sites is 1. The number of anilines is 2. The van der Waals surface area contributed by atoms with Crippen molar-refractivity contribution < 1.29 is 14.2 Å². The van der Waals surface area contributed by atoms with E-state index in [-0.39, 0.29) is 23.9 Å². The number of hydrogen-bond donors (Lipinski definition) is 3. The Kier molecular flexibility index (Phi) is 8.26. The van der Waals surface area contributed by atoms with Gasteiger partial charge in [-0.15, -0.1) is 15.3 Å². The summed E-state index contributed by atoms with van der Waals surface area (Å²) in [5.74, 6) is 0.923. The fourth-order valence-electron chi connectivity index (χ4n) is 3.57. The van der Waals surface area contributed by atoms with Crippen molar-refractivity contribution >= 4 is 46.7 Å². The number of ether oxygens (including phenoxy) is 1. The summed E-state index contributed by atoms with van der Waals surface area (Å²) in [6, 6.07) is 15.1. The van der Waals surface area contributed by atoms with E-state index >= 15 is 0 Å². The van der Waals surface area contributed by atoms with Crippen LogP contribution in [-0.4, -0.2) is 54.7 Å². The van der Waals surface area contributed by atoms with Crippen LogP contribution in [0.5, 0.6) is 5.75 Å². The van der Waals surface area contributed by atoms with Gasteiger partial charge in [0.2, 0.25) is 11.6 Å². The molecule has 0 unspecified atom stereocenters. The minimum absolute atomic E-state index is 0.00516. The van der Waals surface area contributed by atoms with Gasteiger partial charge in [-0.1, -0.05) is 46.5 Å². The van der Waals surface area contributed by atoms with Gasteiger partial charge in [-0.25, -0.2) is 10.1 Å². The van der Waals surface area contributed by atoms with Crippen LogP contribution >= 0.6 is 23.1 Å². The lowest BCUT2D eigenvalue weighted by Crippen LogP contribution is -2.21. The molecule has 5 rings (SSSR count). The molecule has 0 saturated heterocycles. The normalized spacial score (nSPS) is 11.2. The Morgan fingerprint density at radius 1 is 1.20 bits per heavy atom. The number of nitrogen functional groups attached to an aromatic ring is 1. The molecule has 0 atom stereocenters. The first-order valence-corrected chi connectivity index (χ1v) is 13.6. The Morgan fingerprint density at radius 2 is 2.05 bits per heavy atom. The second-order valence-corrected chi connectivity index (χ2v) is 10.5. The zero-order valence-corrected chi connectivity index (χ0v) is 22.9. The zero-order valence-electron chi connectivity index (χ0n) is 21.3. The van der Waals surface area contributed by atoms with Crippen molar-refractivity contribution in [1.29, 1.82) is 0 Å². The highest BCUT2D eigenvalue weighted by Gasteiger charge is 2.23. The van der Waals surface area contributed by atoms with E-state index < -0.39 is 5.91 Å². The quantitative estimate of drug-likeness (QED) is 0.119. The fourth-order valence-corrected chi connectivity index (χ4v) is 5.37. The van der Waals surface area contributed by atoms with Crippen molar-refractivity contribution in [3.05, 3.63) is 76.1 Å². The van der Waals surface area contributed by atoms with Crippen LogP contribution in [0.3, 0.4) is 0 Å². The van der Waals surface area contributed by atoms with Crippen LogP contribution in [-0.2, 0) is 12.3 Å². The fraction of sp³-hybridized carbons (Fsp3) is 0.167. The highest BCUT2D eigenvalue weighted by Crippen LogP contribution is 2.30. The van der Waals surface area contributed by atoms with Crippen LogP contribution in [0, 0.1) is 6.92 Å². The standard InChI is InChI=1S/C24H23N11O3S2/c1-14-28-31-24(40-14)39-13-16-10-15(8-9-19(16)37-2)11-27-30-23(36)20-18(12-26-17-6-4-3-5-7-17)35(34-29-20)22-21(25)32-38-33-22/h3-11,26H,12-13H2,1-2H3,(H2,25,32)(H,30,36)/b27-11+. The molecule has 1 amide bonds. The number of amides is 1. The molecule has 0 fully saturated rings. The number of nitrogens with zero attached hydrogens (tertiary/aromatic N) is 8. The number of thioether (sulfide) groups is 1. The monoisotopic (exact) mass is 577 g/mol. The van der Waals surface area contributed by atoms with Crippen LogP contribution in [0.1, 0.15) is 32.3 Å². The van der Waals surface area contributed by atoms with E-state index in [0.29, 0.717) is 11.4 Å². The first kappa shape index (κ1) is 26.8. The smallest absolute Gasteiger partial charge is 0.293 e. The Labute approximate surface area is 236 Å². The lowest BCUT2D eigenvalue weighted by Gasteiger charge is -2.09. The Morgan fingerprint density at radius 3 is 2.77 bits per heavy atom. The van der Waals surface area contributed by atoms with Crippen LogP contribution in [0.2, 0.25) is 0 Å². The second-order valence-electron chi connectivity index (χ2n) is 8.14. The summed E-state index contributed by atoms with van der Waals surface area (Å²) in [7, 11) is 1.62. The van der Waals surface area contributed by atoms with Gasteiger partial charge in [0.1, 0.15) is 10.8 Å². The number of hydrazone groups is 1. The number of benzene rings is 2. The predicted octanol–water partition coefficient (Wildman–Crippen LogP) is 3.07. The topological polar surface area (TPSA) is 184 Å². The number of hydrogen-bond acceptors (Lipinski definition) is 14. The van der Waals surface area contributed by atoms with Crippen LogP contribution in [0.25, 0.3) is 5.82 Å². The van der Waals surface area contributed by atoms with E-state index in [9.17, 15) is 4.79 Å². The maximum Gasteiger partial charge on any atom is 0.293 e. The molecule has 40 heavy (non-hydrogen) atoms. The summed E-state index contributed by atoms with van der Waals surface area (Å²) in [5, 5.41) is 31.9. The van der Waals surface area contributed by atoms with E-state index in [1.54, 1.807) is 18.9 Å². The molecule has 204 valence electrons. The Balaban J connectivity index is 1.31. The molecule has 0 bridgehead atoms. The molecule has 0 spiro atoms. The molecule has 5 aromatic rings. The maximum absolute atomic E-state index is 13.1. The van der Waals surface area contributed by atoms with Gasteiger partial charge in [0.25, 0.3) is 5.91 Å². The molecular formula is C24H23N11O3S2. The first-order chi connectivity index (χ1) is 19.5. The average Bonchev–Trinajstić information content (AvgIpc) is 3.70. The van der Waals surface area contributed by atoms with E-state index in [4.69, 9.17) is 15.1 Å². The SMILES string of the molecule is COc1ccc(/C=N/NC(=O)c2nnn(-c3nonc3N)c2CNc2ccccc2)cc1CSc1nnc(C)s1. The summed E-state index contributed by atoms with van der Waals surface area (Å²) in [6.45, 7) is 2.10.